The van der Waals surface area contributed by atoms with Crippen LogP contribution in [-0.4, -0.2) is 27.0 Å². The van der Waals surface area contributed by atoms with E-state index in [1.165, 1.54) is 28.0 Å². The van der Waals surface area contributed by atoms with Crippen LogP contribution < -0.4 is 11.1 Å². The van der Waals surface area contributed by atoms with Crippen molar-refractivity contribution in [3.63, 3.8) is 0 Å². The summed E-state index contributed by atoms with van der Waals surface area (Å²) in [6, 6.07) is 0. The highest BCUT2D eigenvalue weighted by molar-refractivity contribution is 8.00. The first-order valence-electron chi connectivity index (χ1n) is 9.42. The maximum atomic E-state index is 12.9. The van der Waals surface area contributed by atoms with Crippen molar-refractivity contribution in [2.24, 2.45) is 5.73 Å². The summed E-state index contributed by atoms with van der Waals surface area (Å²) in [7, 11) is 0. The fraction of sp³-hybridized carbons (Fsp3) is 0.400. The van der Waals surface area contributed by atoms with Crippen LogP contribution in [0.1, 0.15) is 50.4 Å². The van der Waals surface area contributed by atoms with Gasteiger partial charge in [0.2, 0.25) is 5.91 Å². The van der Waals surface area contributed by atoms with Gasteiger partial charge in [-0.25, -0.2) is 9.97 Å². The van der Waals surface area contributed by atoms with Crippen molar-refractivity contribution in [3.05, 3.63) is 32.3 Å². The second-order valence-corrected chi connectivity index (χ2v) is 10.9. The SMILES string of the molecule is Cc1nc(S[C@@H](C)C(=O)Nc2sc3c(c2C(N)=O)CCC3)c2c(C)c(C)sc2n1. The first-order chi connectivity index (χ1) is 13.8. The zero-order valence-corrected chi connectivity index (χ0v) is 19.2. The second kappa shape index (κ2) is 7.70. The molecule has 0 aromatic carbocycles. The Morgan fingerprint density at radius 1 is 1.17 bits per heavy atom. The smallest absolute Gasteiger partial charge is 0.251 e. The molecule has 3 aromatic rings. The summed E-state index contributed by atoms with van der Waals surface area (Å²) in [5, 5.41) is 4.98. The predicted octanol–water partition coefficient (Wildman–Crippen LogP) is 4.38. The van der Waals surface area contributed by atoms with Gasteiger partial charge >= 0.3 is 0 Å². The molecule has 0 radical (unpaired) electrons. The first-order valence-corrected chi connectivity index (χ1v) is 11.9. The second-order valence-electron chi connectivity index (χ2n) is 7.21. The molecule has 0 fully saturated rings. The number of carbonyl (C=O) groups is 2. The molecule has 9 heteroatoms. The number of anilines is 1. The molecule has 0 saturated carbocycles. The third kappa shape index (κ3) is 3.67. The third-order valence-corrected chi connectivity index (χ3v) is 8.56. The van der Waals surface area contributed by atoms with Gasteiger partial charge in [-0.15, -0.1) is 22.7 Å². The molecule has 1 aliphatic carbocycles. The largest absolute Gasteiger partial charge is 0.365 e. The van der Waals surface area contributed by atoms with Crippen LogP contribution in [0.2, 0.25) is 0 Å². The van der Waals surface area contributed by atoms with Crippen molar-refractivity contribution in [1.82, 2.24) is 9.97 Å². The van der Waals surface area contributed by atoms with E-state index in [9.17, 15) is 9.59 Å². The molecule has 4 rings (SSSR count). The van der Waals surface area contributed by atoms with E-state index in [2.05, 4.69) is 29.1 Å². The number of carbonyl (C=O) groups excluding carboxylic acids is 2. The first kappa shape index (κ1) is 20.3. The lowest BCUT2D eigenvalue weighted by Gasteiger charge is -2.13. The fourth-order valence-electron chi connectivity index (χ4n) is 3.59. The van der Waals surface area contributed by atoms with Gasteiger partial charge < -0.3 is 11.1 Å². The van der Waals surface area contributed by atoms with E-state index in [1.807, 2.05) is 13.8 Å². The average Bonchev–Trinajstić information content (AvgIpc) is 3.28. The summed E-state index contributed by atoms with van der Waals surface area (Å²) < 4.78 is 0. The Hall–Kier alpha value is -1.97. The predicted molar refractivity (Wildman–Crippen MR) is 120 cm³/mol. The number of amides is 2. The summed E-state index contributed by atoms with van der Waals surface area (Å²) in [6.07, 6.45) is 2.82. The van der Waals surface area contributed by atoms with E-state index >= 15 is 0 Å². The molecule has 6 nitrogen and oxygen atoms in total. The van der Waals surface area contributed by atoms with Gasteiger partial charge in [-0.05, 0) is 58.1 Å². The van der Waals surface area contributed by atoms with Gasteiger partial charge in [-0.2, -0.15) is 0 Å². The van der Waals surface area contributed by atoms with Crippen molar-refractivity contribution in [2.45, 2.75) is 57.2 Å². The minimum atomic E-state index is -0.475. The number of fused-ring (bicyclic) bond motifs is 2. The topological polar surface area (TPSA) is 98.0 Å². The zero-order valence-electron chi connectivity index (χ0n) is 16.7. The Labute approximate surface area is 181 Å². The van der Waals surface area contributed by atoms with Crippen LogP contribution in [0, 0.1) is 20.8 Å². The number of thioether (sulfide) groups is 1. The van der Waals surface area contributed by atoms with Gasteiger partial charge in [0.15, 0.2) is 0 Å². The third-order valence-electron chi connectivity index (χ3n) is 5.17. The Bertz CT molecular complexity index is 1150. The lowest BCUT2D eigenvalue weighted by Crippen LogP contribution is -2.24. The van der Waals surface area contributed by atoms with Crippen molar-refractivity contribution in [3.8, 4) is 0 Å². The van der Waals surface area contributed by atoms with E-state index in [-0.39, 0.29) is 11.2 Å². The number of aryl methyl sites for hydroxylation is 4. The quantitative estimate of drug-likeness (QED) is 0.447. The summed E-state index contributed by atoms with van der Waals surface area (Å²) in [4.78, 5) is 37.3. The van der Waals surface area contributed by atoms with Gasteiger partial charge in [0, 0.05) is 15.1 Å². The van der Waals surface area contributed by atoms with E-state index in [0.717, 1.165) is 50.5 Å². The van der Waals surface area contributed by atoms with E-state index in [1.54, 1.807) is 11.3 Å². The van der Waals surface area contributed by atoms with Crippen molar-refractivity contribution in [1.29, 1.82) is 0 Å². The maximum absolute atomic E-state index is 12.9. The Balaban J connectivity index is 1.59. The van der Waals surface area contributed by atoms with Crippen LogP contribution in [0.3, 0.4) is 0 Å². The highest BCUT2D eigenvalue weighted by Crippen LogP contribution is 2.40. The molecule has 3 N–H and O–H groups in total. The lowest BCUT2D eigenvalue weighted by atomic mass is 10.1. The van der Waals surface area contributed by atoms with E-state index in [0.29, 0.717) is 16.4 Å². The molecule has 1 atom stereocenters. The molecular formula is C20H22N4O2S3. The number of hydrogen-bond donors (Lipinski definition) is 2. The van der Waals surface area contributed by atoms with Crippen LogP contribution in [0.25, 0.3) is 10.2 Å². The zero-order chi connectivity index (χ0) is 20.9. The van der Waals surface area contributed by atoms with Gasteiger partial charge in [0.25, 0.3) is 5.91 Å². The van der Waals surface area contributed by atoms with Crippen LogP contribution in [0.15, 0.2) is 5.03 Å². The standard InChI is InChI=1S/C20H22N4O2S3/c1-8-9(2)27-18-14(8)19(23-11(4)22-18)28-10(3)17(26)24-20-15(16(21)25)12-6-5-7-13(12)29-20/h10H,5-7H2,1-4H3,(H2,21,25)(H,24,26)/t10-/m0/s1. The van der Waals surface area contributed by atoms with Crippen molar-refractivity contribution in [2.75, 3.05) is 5.32 Å². The number of thiophene rings is 2. The molecule has 0 spiro atoms. The Morgan fingerprint density at radius 2 is 1.93 bits per heavy atom. The van der Waals surface area contributed by atoms with Crippen molar-refractivity contribution >= 4 is 61.5 Å². The summed E-state index contributed by atoms with van der Waals surface area (Å²) in [6.45, 7) is 7.85. The average molecular weight is 447 g/mol. The molecule has 0 saturated heterocycles. The van der Waals surface area contributed by atoms with Gasteiger partial charge in [0.05, 0.1) is 10.8 Å². The fourth-order valence-corrected chi connectivity index (χ4v) is 7.08. The number of nitrogens with zero attached hydrogens (tertiary/aromatic N) is 2. The monoisotopic (exact) mass is 446 g/mol. The minimum Gasteiger partial charge on any atom is -0.365 e. The van der Waals surface area contributed by atoms with E-state index < -0.39 is 5.91 Å². The molecule has 1 aliphatic rings. The number of rotatable bonds is 5. The molecule has 29 heavy (non-hydrogen) atoms. The van der Waals surface area contributed by atoms with Gasteiger partial charge in [0.1, 0.15) is 20.7 Å². The summed E-state index contributed by atoms with van der Waals surface area (Å²) in [5.41, 5.74) is 8.25. The highest BCUT2D eigenvalue weighted by Gasteiger charge is 2.28. The Morgan fingerprint density at radius 3 is 2.66 bits per heavy atom. The summed E-state index contributed by atoms with van der Waals surface area (Å²) in [5.74, 6) is 0.0588. The molecule has 3 aromatic heterocycles. The number of nitrogens with one attached hydrogen (secondary N) is 1. The number of aromatic nitrogens is 2. The number of primary amides is 1. The van der Waals surface area contributed by atoms with Crippen LogP contribution in [0.5, 0.6) is 0 Å². The molecule has 152 valence electrons. The molecule has 0 unspecified atom stereocenters. The van der Waals surface area contributed by atoms with Crippen LogP contribution >= 0.6 is 34.4 Å². The molecule has 0 bridgehead atoms. The minimum absolute atomic E-state index is 0.161. The molecule has 3 heterocycles. The van der Waals surface area contributed by atoms with Crippen molar-refractivity contribution < 1.29 is 9.59 Å². The summed E-state index contributed by atoms with van der Waals surface area (Å²) >= 11 is 4.54. The van der Waals surface area contributed by atoms with Gasteiger partial charge in [-0.3, -0.25) is 9.59 Å². The van der Waals surface area contributed by atoms with E-state index in [4.69, 9.17) is 5.73 Å². The lowest BCUT2D eigenvalue weighted by molar-refractivity contribution is -0.115. The number of nitrogens with two attached hydrogens (primary N) is 1. The number of hydrogen-bond acceptors (Lipinski definition) is 7. The maximum Gasteiger partial charge on any atom is 0.251 e. The Kier molecular flexibility index (Phi) is 5.39. The normalized spacial score (nSPS) is 14.2. The van der Waals surface area contributed by atoms with Gasteiger partial charge in [-0.1, -0.05) is 11.8 Å². The molecular weight excluding hydrogens is 424 g/mol. The molecule has 0 aliphatic heterocycles. The van der Waals surface area contributed by atoms with Crippen LogP contribution in [0.4, 0.5) is 5.00 Å². The highest BCUT2D eigenvalue weighted by atomic mass is 32.2. The molecule has 2 amide bonds. The van der Waals surface area contributed by atoms with Crippen LogP contribution in [-0.2, 0) is 17.6 Å².